The van der Waals surface area contributed by atoms with Crippen molar-refractivity contribution in [2.75, 3.05) is 17.2 Å². The van der Waals surface area contributed by atoms with Gasteiger partial charge in [0.05, 0.1) is 11.2 Å². The number of halogens is 1. The van der Waals surface area contributed by atoms with Crippen LogP contribution < -0.4 is 10.6 Å². The van der Waals surface area contributed by atoms with Gasteiger partial charge in [-0.05, 0) is 52.8 Å². The minimum absolute atomic E-state index is 0.0930. The van der Waals surface area contributed by atoms with Crippen molar-refractivity contribution in [3.8, 4) is 0 Å². The summed E-state index contributed by atoms with van der Waals surface area (Å²) in [6, 6.07) is 8.25. The Hall–Kier alpha value is -2.54. The Bertz CT molecular complexity index is 938. The number of carbonyl (C=O) groups excluding carboxylic acids is 2. The van der Waals surface area contributed by atoms with Gasteiger partial charge in [-0.15, -0.1) is 0 Å². The molecule has 0 aliphatic rings. The Kier molecular flexibility index (Phi) is 7.42. The molecule has 0 aliphatic heterocycles. The number of aromatic nitrogens is 2. The van der Waals surface area contributed by atoms with E-state index in [1.54, 1.807) is 24.3 Å². The lowest BCUT2D eigenvalue weighted by molar-refractivity contribution is -0.117. The molecule has 7 nitrogen and oxygen atoms in total. The van der Waals surface area contributed by atoms with Gasteiger partial charge in [0.25, 0.3) is 0 Å². The first-order valence-corrected chi connectivity index (χ1v) is 10.8. The number of rotatable bonds is 5. The summed E-state index contributed by atoms with van der Waals surface area (Å²) in [6.07, 6.45) is 0. The van der Waals surface area contributed by atoms with E-state index in [4.69, 9.17) is 16.7 Å². The fraction of sp³-hybridized carbons (Fsp3) is 0.522. The summed E-state index contributed by atoms with van der Waals surface area (Å²) in [5.74, 6) is 0.321. The number of nitrogens with zero attached hydrogens (tertiary/aromatic N) is 3. The Morgan fingerprint density at radius 3 is 2.26 bits per heavy atom. The lowest BCUT2D eigenvalue weighted by Crippen LogP contribution is -2.45. The summed E-state index contributed by atoms with van der Waals surface area (Å²) >= 11 is 5.99. The van der Waals surface area contributed by atoms with Gasteiger partial charge in [0.1, 0.15) is 12.4 Å². The third kappa shape index (κ3) is 6.72. The van der Waals surface area contributed by atoms with Crippen molar-refractivity contribution < 1.29 is 9.59 Å². The van der Waals surface area contributed by atoms with Gasteiger partial charge in [0, 0.05) is 28.2 Å². The van der Waals surface area contributed by atoms with Crippen LogP contribution in [0.4, 0.5) is 16.3 Å². The molecule has 2 rings (SSSR count). The maximum atomic E-state index is 12.9. The average molecular weight is 448 g/mol. The average Bonchev–Trinajstić information content (AvgIpc) is 3.03. The van der Waals surface area contributed by atoms with E-state index in [0.29, 0.717) is 16.5 Å². The number of amides is 3. The van der Waals surface area contributed by atoms with Crippen LogP contribution in [0.15, 0.2) is 30.3 Å². The van der Waals surface area contributed by atoms with Gasteiger partial charge in [-0.1, -0.05) is 38.4 Å². The van der Waals surface area contributed by atoms with Gasteiger partial charge in [0.15, 0.2) is 0 Å². The third-order valence-electron chi connectivity index (χ3n) is 4.65. The summed E-state index contributed by atoms with van der Waals surface area (Å²) in [4.78, 5) is 27.1. The molecule has 1 heterocycles. The number of benzene rings is 1. The number of carbonyl (C=O) groups is 2. The molecule has 0 unspecified atom stereocenters. The lowest BCUT2D eigenvalue weighted by atomic mass is 9.92. The Morgan fingerprint density at radius 2 is 1.74 bits per heavy atom. The molecule has 1 aromatic heterocycles. The second-order valence-electron chi connectivity index (χ2n) is 9.96. The standard InChI is InChI=1S/C23H34ClN5O2/c1-15(2)28(21(31)25-17-11-9-10-16(24)12-17)14-20(30)26-19-13-18(22(3,4)5)27-29(19)23(6,7)8/h9-13,15H,14H2,1-8H3,(H,25,31)(H,26,30). The van der Waals surface area contributed by atoms with Crippen LogP contribution in [-0.4, -0.2) is 39.2 Å². The molecule has 0 fully saturated rings. The summed E-state index contributed by atoms with van der Waals surface area (Å²) in [5.41, 5.74) is 0.992. The summed E-state index contributed by atoms with van der Waals surface area (Å²) in [5, 5.41) is 11.0. The molecule has 2 N–H and O–H groups in total. The van der Waals surface area contributed by atoms with E-state index in [9.17, 15) is 9.59 Å². The fourth-order valence-electron chi connectivity index (χ4n) is 2.94. The van der Waals surface area contributed by atoms with E-state index >= 15 is 0 Å². The minimum Gasteiger partial charge on any atom is -0.313 e. The monoisotopic (exact) mass is 447 g/mol. The predicted molar refractivity (Wildman–Crippen MR) is 127 cm³/mol. The highest BCUT2D eigenvalue weighted by molar-refractivity contribution is 6.30. The zero-order valence-electron chi connectivity index (χ0n) is 19.7. The first kappa shape index (κ1) is 24.7. The highest BCUT2D eigenvalue weighted by Gasteiger charge is 2.27. The van der Waals surface area contributed by atoms with Gasteiger partial charge in [0.2, 0.25) is 5.91 Å². The maximum Gasteiger partial charge on any atom is 0.322 e. The highest BCUT2D eigenvalue weighted by atomic mass is 35.5. The van der Waals surface area contributed by atoms with Crippen LogP contribution in [0.25, 0.3) is 0 Å². The number of anilines is 2. The predicted octanol–water partition coefficient (Wildman–Crippen LogP) is 5.47. The quantitative estimate of drug-likeness (QED) is 0.637. The van der Waals surface area contributed by atoms with Crippen molar-refractivity contribution >= 4 is 35.0 Å². The maximum absolute atomic E-state index is 12.9. The van der Waals surface area contributed by atoms with Crippen LogP contribution in [0.3, 0.4) is 0 Å². The van der Waals surface area contributed by atoms with E-state index in [2.05, 4.69) is 31.4 Å². The number of nitrogens with one attached hydrogen (secondary N) is 2. The Morgan fingerprint density at radius 1 is 1.10 bits per heavy atom. The zero-order valence-corrected chi connectivity index (χ0v) is 20.5. The van der Waals surface area contributed by atoms with Crippen molar-refractivity contribution in [2.24, 2.45) is 0 Å². The number of hydrogen-bond donors (Lipinski definition) is 2. The van der Waals surface area contributed by atoms with E-state index < -0.39 is 0 Å². The molecule has 0 aliphatic carbocycles. The normalized spacial score (nSPS) is 12.1. The minimum atomic E-state index is -0.368. The zero-order chi connectivity index (χ0) is 23.6. The number of hydrogen-bond acceptors (Lipinski definition) is 3. The van der Waals surface area contributed by atoms with Gasteiger partial charge in [-0.25, -0.2) is 9.48 Å². The highest BCUT2D eigenvalue weighted by Crippen LogP contribution is 2.28. The second kappa shape index (κ2) is 9.30. The van der Waals surface area contributed by atoms with Crippen LogP contribution in [0.1, 0.15) is 61.1 Å². The lowest BCUT2D eigenvalue weighted by Gasteiger charge is -2.27. The molecule has 170 valence electrons. The smallest absolute Gasteiger partial charge is 0.313 e. The van der Waals surface area contributed by atoms with Gasteiger partial charge in [-0.2, -0.15) is 5.10 Å². The van der Waals surface area contributed by atoms with E-state index in [0.717, 1.165) is 5.69 Å². The molecule has 3 amide bonds. The molecule has 0 saturated carbocycles. The fourth-order valence-corrected chi connectivity index (χ4v) is 3.13. The van der Waals surface area contributed by atoms with Crippen LogP contribution in [0.2, 0.25) is 5.02 Å². The molecular weight excluding hydrogens is 414 g/mol. The molecule has 0 bridgehead atoms. The number of urea groups is 1. The molecule has 0 radical (unpaired) electrons. The Balaban J connectivity index is 2.18. The molecule has 31 heavy (non-hydrogen) atoms. The van der Waals surface area contributed by atoms with Gasteiger partial charge in [-0.3, -0.25) is 4.79 Å². The van der Waals surface area contributed by atoms with E-state index in [1.807, 2.05) is 45.4 Å². The van der Waals surface area contributed by atoms with Crippen LogP contribution in [0, 0.1) is 0 Å². The van der Waals surface area contributed by atoms with Crippen molar-refractivity contribution in [1.29, 1.82) is 0 Å². The third-order valence-corrected chi connectivity index (χ3v) is 4.89. The van der Waals surface area contributed by atoms with Gasteiger partial charge >= 0.3 is 6.03 Å². The van der Waals surface area contributed by atoms with Crippen molar-refractivity contribution in [3.63, 3.8) is 0 Å². The van der Waals surface area contributed by atoms with Crippen LogP contribution in [0.5, 0.6) is 0 Å². The SMILES string of the molecule is CC(C)N(CC(=O)Nc1cc(C(C)(C)C)nn1C(C)(C)C)C(=O)Nc1cccc(Cl)c1. The molecule has 0 atom stereocenters. The molecule has 0 saturated heterocycles. The van der Waals surface area contributed by atoms with Crippen molar-refractivity contribution in [3.05, 3.63) is 41.0 Å². The second-order valence-corrected chi connectivity index (χ2v) is 10.4. The largest absolute Gasteiger partial charge is 0.322 e. The first-order chi connectivity index (χ1) is 14.2. The van der Waals surface area contributed by atoms with Crippen LogP contribution in [-0.2, 0) is 15.7 Å². The molecule has 0 spiro atoms. The first-order valence-electron chi connectivity index (χ1n) is 10.4. The van der Waals surface area contributed by atoms with Crippen LogP contribution >= 0.6 is 11.6 Å². The Labute approximate surface area is 190 Å². The molecule has 8 heteroatoms. The van der Waals surface area contributed by atoms with Crippen molar-refractivity contribution in [1.82, 2.24) is 14.7 Å². The summed E-state index contributed by atoms with van der Waals surface area (Å²) < 4.78 is 1.82. The van der Waals surface area contributed by atoms with Gasteiger partial charge < -0.3 is 15.5 Å². The summed E-state index contributed by atoms with van der Waals surface area (Å²) in [7, 11) is 0. The van der Waals surface area contributed by atoms with E-state index in [1.165, 1.54) is 4.90 Å². The van der Waals surface area contributed by atoms with Crippen molar-refractivity contribution in [2.45, 2.75) is 72.4 Å². The summed E-state index contributed by atoms with van der Waals surface area (Å²) in [6.45, 7) is 16.0. The van der Waals surface area contributed by atoms with E-state index in [-0.39, 0.29) is 35.5 Å². The molecular formula is C23H34ClN5O2. The molecule has 2 aromatic rings. The topological polar surface area (TPSA) is 79.3 Å². The molecule has 1 aromatic carbocycles.